The number of aromatic nitrogens is 4. The Labute approximate surface area is 173 Å². The Morgan fingerprint density at radius 3 is 2.77 bits per heavy atom. The Hall–Kier alpha value is -3.23. The van der Waals surface area contributed by atoms with Crippen LogP contribution in [0.2, 0.25) is 0 Å². The molecule has 2 aliphatic rings. The number of carbonyl (C=O) groups is 1. The molecule has 2 N–H and O–H groups in total. The maximum atomic E-state index is 13.3. The van der Waals surface area contributed by atoms with Crippen LogP contribution in [0, 0.1) is 5.82 Å². The number of nitrogens with zero attached hydrogens (tertiary/aromatic N) is 5. The average molecular weight is 409 g/mol. The van der Waals surface area contributed by atoms with E-state index in [1.807, 2.05) is 17.0 Å². The minimum Gasteiger partial charge on any atom is -0.367 e. The minimum atomic E-state index is -0.324. The summed E-state index contributed by atoms with van der Waals surface area (Å²) in [5.74, 6) is 1.18. The van der Waals surface area contributed by atoms with Crippen LogP contribution < -0.4 is 15.5 Å². The highest BCUT2D eigenvalue weighted by molar-refractivity contribution is 5.93. The van der Waals surface area contributed by atoms with Crippen LogP contribution in [0.3, 0.4) is 0 Å². The molecule has 0 bridgehead atoms. The summed E-state index contributed by atoms with van der Waals surface area (Å²) in [4.78, 5) is 22.7. The number of piperidine rings is 1. The highest BCUT2D eigenvalue weighted by Gasteiger charge is 2.26. The van der Waals surface area contributed by atoms with Crippen molar-refractivity contribution in [2.24, 2.45) is 0 Å². The predicted octanol–water partition coefficient (Wildman–Crippen LogP) is 3.23. The molecule has 1 saturated carbocycles. The average Bonchev–Trinajstić information content (AvgIpc) is 3.35. The summed E-state index contributed by atoms with van der Waals surface area (Å²) < 4.78 is 14.9. The minimum absolute atomic E-state index is 0.178. The van der Waals surface area contributed by atoms with E-state index in [2.05, 4.69) is 25.7 Å². The van der Waals surface area contributed by atoms with Crippen molar-refractivity contribution >= 4 is 29.0 Å². The lowest BCUT2D eigenvalue weighted by molar-refractivity contribution is -0.119. The fourth-order valence-electron chi connectivity index (χ4n) is 4.26. The van der Waals surface area contributed by atoms with E-state index in [1.54, 1.807) is 16.9 Å². The molecule has 0 spiro atoms. The van der Waals surface area contributed by atoms with Gasteiger partial charge in [-0.15, -0.1) is 5.10 Å². The number of carbonyl (C=O) groups excluding carboxylic acids is 1. The molecule has 0 unspecified atom stereocenters. The summed E-state index contributed by atoms with van der Waals surface area (Å²) in [6, 6.07) is 7.17. The summed E-state index contributed by atoms with van der Waals surface area (Å²) in [5, 5.41) is 11.2. The third-order valence-corrected chi connectivity index (χ3v) is 5.80. The Bertz CT molecular complexity index is 1050. The van der Waals surface area contributed by atoms with Gasteiger partial charge in [-0.3, -0.25) is 4.79 Å². The molecule has 3 aromatic rings. The van der Waals surface area contributed by atoms with Gasteiger partial charge in [-0.05, 0) is 50.3 Å². The number of halogens is 1. The summed E-state index contributed by atoms with van der Waals surface area (Å²) in [5.41, 5.74) is 1.35. The van der Waals surface area contributed by atoms with E-state index in [0.29, 0.717) is 24.1 Å². The van der Waals surface area contributed by atoms with Gasteiger partial charge >= 0.3 is 0 Å². The quantitative estimate of drug-likeness (QED) is 0.673. The zero-order valence-corrected chi connectivity index (χ0v) is 16.6. The van der Waals surface area contributed by atoms with E-state index in [0.717, 1.165) is 50.2 Å². The maximum Gasteiger partial charge on any atom is 0.243 e. The fourth-order valence-corrected chi connectivity index (χ4v) is 4.26. The van der Waals surface area contributed by atoms with E-state index in [1.165, 1.54) is 12.1 Å². The van der Waals surface area contributed by atoms with Gasteiger partial charge in [0.15, 0.2) is 5.65 Å². The number of pyridine rings is 2. The predicted molar refractivity (Wildman–Crippen MR) is 112 cm³/mol. The molecule has 0 aromatic carbocycles. The Morgan fingerprint density at radius 2 is 1.97 bits per heavy atom. The van der Waals surface area contributed by atoms with Gasteiger partial charge in [-0.2, -0.15) is 4.98 Å². The zero-order valence-electron chi connectivity index (χ0n) is 16.6. The van der Waals surface area contributed by atoms with Crippen molar-refractivity contribution in [2.45, 2.75) is 50.6 Å². The molecule has 1 aliphatic carbocycles. The summed E-state index contributed by atoms with van der Waals surface area (Å²) in [7, 11) is 0. The van der Waals surface area contributed by atoms with Crippen molar-refractivity contribution in [3.8, 4) is 0 Å². The first-order valence-corrected chi connectivity index (χ1v) is 10.5. The highest BCUT2D eigenvalue weighted by atomic mass is 19.1. The molecule has 8 nitrogen and oxygen atoms in total. The molecule has 156 valence electrons. The van der Waals surface area contributed by atoms with Crippen LogP contribution >= 0.6 is 0 Å². The second-order valence-corrected chi connectivity index (χ2v) is 7.98. The van der Waals surface area contributed by atoms with Crippen molar-refractivity contribution < 1.29 is 9.18 Å². The number of hydrogen-bond donors (Lipinski definition) is 2. The second-order valence-electron chi connectivity index (χ2n) is 7.98. The molecule has 3 aromatic heterocycles. The van der Waals surface area contributed by atoms with Crippen molar-refractivity contribution in [1.29, 1.82) is 0 Å². The Morgan fingerprint density at radius 1 is 1.10 bits per heavy atom. The zero-order chi connectivity index (χ0) is 20.5. The fraction of sp³-hybridized carbons (Fsp3) is 0.429. The second kappa shape index (κ2) is 7.89. The smallest absolute Gasteiger partial charge is 0.243 e. The lowest BCUT2D eigenvalue weighted by atomic mass is 10.1. The molecule has 9 heteroatoms. The van der Waals surface area contributed by atoms with E-state index in [-0.39, 0.29) is 17.8 Å². The molecule has 2 fully saturated rings. The van der Waals surface area contributed by atoms with Crippen LogP contribution in [0.1, 0.15) is 38.5 Å². The first-order valence-electron chi connectivity index (χ1n) is 10.5. The van der Waals surface area contributed by atoms with Crippen molar-refractivity contribution in [3.05, 3.63) is 42.5 Å². The first-order chi connectivity index (χ1) is 14.6. The Balaban J connectivity index is 1.17. The number of anilines is 3. The number of hydrogen-bond acceptors (Lipinski definition) is 6. The van der Waals surface area contributed by atoms with Gasteiger partial charge in [0, 0.05) is 37.3 Å². The number of nitrogens with one attached hydrogen (secondary N) is 2. The van der Waals surface area contributed by atoms with Gasteiger partial charge in [-0.25, -0.2) is 13.9 Å². The third kappa shape index (κ3) is 3.92. The lowest BCUT2D eigenvalue weighted by Gasteiger charge is -2.26. The number of rotatable bonds is 5. The van der Waals surface area contributed by atoms with Crippen molar-refractivity contribution in [2.75, 3.05) is 22.1 Å². The van der Waals surface area contributed by atoms with E-state index in [4.69, 9.17) is 0 Å². The molecular formula is C21H24FN7O. The van der Waals surface area contributed by atoms with Gasteiger partial charge in [-0.1, -0.05) is 0 Å². The Kier molecular flexibility index (Phi) is 4.94. The number of amides is 1. The third-order valence-electron chi connectivity index (χ3n) is 5.80. The van der Waals surface area contributed by atoms with Crippen LogP contribution in [0.4, 0.5) is 21.8 Å². The van der Waals surface area contributed by atoms with Crippen LogP contribution in [0.15, 0.2) is 36.7 Å². The molecular weight excluding hydrogens is 385 g/mol. The van der Waals surface area contributed by atoms with Crippen LogP contribution in [0.5, 0.6) is 0 Å². The summed E-state index contributed by atoms with van der Waals surface area (Å²) in [6.07, 6.45) is 8.88. The molecule has 30 heavy (non-hydrogen) atoms. The molecule has 1 saturated heterocycles. The molecule has 4 heterocycles. The maximum absolute atomic E-state index is 13.3. The van der Waals surface area contributed by atoms with Crippen LogP contribution in [0.25, 0.3) is 5.65 Å². The standard InChI is InChI=1S/C21H24FN7O/c22-14-8-10-29-19(11-14)26-21(27-29)25-16-5-4-15(12-16)24-18-7-6-17(13-23-18)28-9-2-1-3-20(28)30/h6-8,10-11,13,15-16H,1-5,9,12H2,(H,23,24)(H,25,27)/t15-,16-/m0/s1. The van der Waals surface area contributed by atoms with Crippen molar-refractivity contribution in [3.63, 3.8) is 0 Å². The molecule has 1 amide bonds. The normalized spacial score (nSPS) is 21.9. The topological polar surface area (TPSA) is 87.5 Å². The van der Waals surface area contributed by atoms with E-state index >= 15 is 0 Å². The van der Waals surface area contributed by atoms with E-state index in [9.17, 15) is 9.18 Å². The first kappa shape index (κ1) is 18.8. The van der Waals surface area contributed by atoms with Crippen LogP contribution in [-0.2, 0) is 4.79 Å². The van der Waals surface area contributed by atoms with Gasteiger partial charge in [0.25, 0.3) is 0 Å². The lowest BCUT2D eigenvalue weighted by Crippen LogP contribution is -2.35. The van der Waals surface area contributed by atoms with Gasteiger partial charge in [0.1, 0.15) is 11.6 Å². The van der Waals surface area contributed by atoms with Gasteiger partial charge in [0.2, 0.25) is 11.9 Å². The number of fused-ring (bicyclic) bond motifs is 1. The van der Waals surface area contributed by atoms with Gasteiger partial charge < -0.3 is 15.5 Å². The SMILES string of the molecule is O=C1CCCCN1c1ccc(N[C@H]2CC[C@H](Nc3nc4cc(F)ccn4n3)C2)nc1. The van der Waals surface area contributed by atoms with Crippen molar-refractivity contribution in [1.82, 2.24) is 19.6 Å². The van der Waals surface area contributed by atoms with Crippen LogP contribution in [-0.4, -0.2) is 44.1 Å². The molecule has 0 radical (unpaired) electrons. The monoisotopic (exact) mass is 409 g/mol. The molecule has 2 atom stereocenters. The summed E-state index contributed by atoms with van der Waals surface area (Å²) >= 11 is 0. The largest absolute Gasteiger partial charge is 0.367 e. The van der Waals surface area contributed by atoms with E-state index < -0.39 is 0 Å². The van der Waals surface area contributed by atoms with Gasteiger partial charge in [0.05, 0.1) is 11.9 Å². The molecule has 1 aliphatic heterocycles. The highest BCUT2D eigenvalue weighted by Crippen LogP contribution is 2.26. The molecule has 5 rings (SSSR count). The summed E-state index contributed by atoms with van der Waals surface area (Å²) in [6.45, 7) is 0.771.